The number of halogens is 3. The normalized spacial score (nSPS) is 13.3. The second-order valence-corrected chi connectivity index (χ2v) is 38.5. The maximum absolute atomic E-state index is 16.2. The van der Waals surface area contributed by atoms with Gasteiger partial charge in [-0.05, 0) is 293 Å². The largest absolute Gasteiger partial charge is 0.311 e. The fraction of sp³-hybridized carbons (Fsp3) is 0.0504. The van der Waals surface area contributed by atoms with E-state index >= 15 is 8.78 Å². The van der Waals surface area contributed by atoms with E-state index in [-0.39, 0.29) is 57.5 Å². The fourth-order valence-electron chi connectivity index (χ4n) is 22.2. The lowest BCUT2D eigenvalue weighted by Gasteiger charge is -2.30. The predicted octanol–water partition coefficient (Wildman–Crippen LogP) is 39.1. The van der Waals surface area contributed by atoms with E-state index in [0.717, 1.165) is 123 Å². The molecule has 145 heavy (non-hydrogen) atoms. The molecule has 0 bridgehead atoms. The van der Waals surface area contributed by atoms with Crippen molar-refractivity contribution in [2.45, 2.75) is 44.4 Å². The van der Waals surface area contributed by atoms with Crippen LogP contribution in [0.1, 0.15) is 67.9 Å². The van der Waals surface area contributed by atoms with Crippen molar-refractivity contribution < 1.29 is 20.0 Å². The maximum atomic E-state index is 16.2. The average molecular weight is 1870 g/mol. The van der Waals surface area contributed by atoms with Crippen LogP contribution < -0.4 is 14.7 Å². The number of anilines is 9. The van der Waals surface area contributed by atoms with Crippen molar-refractivity contribution in [2.24, 2.45) is 0 Å². The summed E-state index contributed by atoms with van der Waals surface area (Å²) in [5, 5.41) is 5.81. The lowest BCUT2D eigenvalue weighted by atomic mass is 9.79. The minimum absolute atomic E-state index is 0.0632. The van der Waals surface area contributed by atoms with E-state index in [1.807, 2.05) is 109 Å². The monoisotopic (exact) mass is 1870 g/mol. The second-order valence-electron chi connectivity index (χ2n) is 38.5. The summed E-state index contributed by atoms with van der Waals surface area (Å²) in [5.41, 5.74) is 36.3. The zero-order chi connectivity index (χ0) is 102. The fourth-order valence-corrected chi connectivity index (χ4v) is 22.2. The van der Waals surface area contributed by atoms with Crippen molar-refractivity contribution in [3.63, 3.8) is 0 Å². The first-order valence-corrected chi connectivity index (χ1v) is 49.3. The SMILES string of the molecule is CC1(C)c2ccccc2-c2c(-c3ccc(N(c4ccc(-c5ccccc5)cc4)c4ccc(-c5ccccc5)cc4)cc3)cc3ccc(F)cc3c21.FC1(F)c2ccccc2-c2c(-c3ccc(N(c4ccc(-c5ccccc5)cc4)c4ccc(-c5ccccc5)cc4)cc3)cc3ccccc3c21.[2H]c1c([2H])c([2H])c(-c2ccc(N(c3ccc(-c4ccccc4)cc3)c3cc4ccccc4c4c3-c3ccccc3C4(C)C)cc2)c([2H])c1[2H]. The van der Waals surface area contributed by atoms with Crippen LogP contribution >= 0.6 is 0 Å². The minimum Gasteiger partial charge on any atom is -0.311 e. The molecule has 23 aromatic carbocycles. The summed E-state index contributed by atoms with van der Waals surface area (Å²) >= 11 is 0. The number of hydrogen-bond donors (Lipinski definition) is 0. The Labute approximate surface area is 852 Å². The lowest BCUT2D eigenvalue weighted by molar-refractivity contribution is 0.0496. The molecule has 0 saturated carbocycles. The molecule has 0 spiro atoms. The molecule has 0 aliphatic heterocycles. The Bertz CT molecular complexity index is 8880. The van der Waals surface area contributed by atoms with Gasteiger partial charge in [0.25, 0.3) is 5.92 Å². The molecule has 6 heteroatoms. The van der Waals surface area contributed by atoms with Crippen LogP contribution in [-0.2, 0) is 16.8 Å². The van der Waals surface area contributed by atoms with E-state index in [4.69, 9.17) is 6.85 Å². The highest BCUT2D eigenvalue weighted by Gasteiger charge is 2.47. The molecule has 0 N–H and O–H groups in total. The third-order valence-electron chi connectivity index (χ3n) is 29.2. The van der Waals surface area contributed by atoms with Gasteiger partial charge < -0.3 is 14.7 Å². The molecule has 3 aliphatic rings. The summed E-state index contributed by atoms with van der Waals surface area (Å²) in [6.45, 7) is 9.14. The van der Waals surface area contributed by atoms with Gasteiger partial charge in [0.05, 0.1) is 12.5 Å². The molecular formula is C139H100F3N3. The summed E-state index contributed by atoms with van der Waals surface area (Å²) in [4.78, 5) is 6.84. The smallest absolute Gasteiger partial charge is 0.300 e. The molecule has 3 nitrogen and oxygen atoms in total. The van der Waals surface area contributed by atoms with Crippen molar-refractivity contribution in [2.75, 3.05) is 14.7 Å². The molecule has 0 amide bonds. The van der Waals surface area contributed by atoms with Gasteiger partial charge in [-0.3, -0.25) is 0 Å². The summed E-state index contributed by atoms with van der Waals surface area (Å²) in [6.07, 6.45) is 0. The second kappa shape index (κ2) is 37.6. The zero-order valence-electron chi connectivity index (χ0n) is 85.4. The molecule has 0 atom stereocenters. The van der Waals surface area contributed by atoms with Crippen LogP contribution in [0, 0.1) is 5.82 Å². The molecule has 0 unspecified atom stereocenters. The quantitative estimate of drug-likeness (QED) is 0.0900. The number of rotatable bonds is 17. The predicted molar refractivity (Wildman–Crippen MR) is 603 cm³/mol. The molecule has 0 fully saturated rings. The van der Waals surface area contributed by atoms with Crippen LogP contribution in [0.3, 0.4) is 0 Å². The van der Waals surface area contributed by atoms with Crippen molar-refractivity contribution in [1.29, 1.82) is 0 Å². The Kier molecular flexibility index (Phi) is 21.7. The summed E-state index contributed by atoms with van der Waals surface area (Å²) in [6, 6.07) is 171. The zero-order valence-corrected chi connectivity index (χ0v) is 80.4. The van der Waals surface area contributed by atoms with E-state index < -0.39 is 12.0 Å². The van der Waals surface area contributed by atoms with Crippen molar-refractivity contribution in [1.82, 2.24) is 0 Å². The molecular weight excluding hydrogens is 1770 g/mol. The number of hydrogen-bond acceptors (Lipinski definition) is 3. The Morgan fingerprint density at radius 3 is 0.834 bits per heavy atom. The number of benzene rings is 23. The first-order chi connectivity index (χ1) is 73.2. The Morgan fingerprint density at radius 2 is 0.462 bits per heavy atom. The highest BCUT2D eigenvalue weighted by Crippen LogP contribution is 2.61. The molecule has 26 rings (SSSR count). The van der Waals surface area contributed by atoms with Gasteiger partial charge in [-0.1, -0.05) is 434 Å². The van der Waals surface area contributed by atoms with Gasteiger partial charge in [-0.15, -0.1) is 0 Å². The third-order valence-corrected chi connectivity index (χ3v) is 29.2. The van der Waals surface area contributed by atoms with Crippen molar-refractivity contribution in [3.8, 4) is 122 Å². The van der Waals surface area contributed by atoms with Crippen LogP contribution in [0.15, 0.2) is 534 Å². The molecule has 3 aliphatic carbocycles. The number of alkyl halides is 2. The topological polar surface area (TPSA) is 9.72 Å². The first kappa shape index (κ1) is 84.0. The van der Waals surface area contributed by atoms with Crippen LogP contribution in [-0.4, -0.2) is 0 Å². The van der Waals surface area contributed by atoms with Gasteiger partial charge in [-0.25, -0.2) is 4.39 Å². The van der Waals surface area contributed by atoms with E-state index in [1.54, 1.807) is 24.3 Å². The third kappa shape index (κ3) is 16.6. The van der Waals surface area contributed by atoms with Gasteiger partial charge in [0.1, 0.15) is 5.82 Å². The number of nitrogens with zero attached hydrogens (tertiary/aromatic N) is 3. The standard InChI is InChI=1S/C49H36FN.C47H31F2N.C43H33N/c1-49(2)46-16-10-9-15-43(46)47-44(31-38-17-24-39(50)32-45(38)48(47)49)37-22-29-42(30-23-37)51(40-25-18-35(19-26-40)33-11-5-3-6-12-33)41-27-20-36(21-28-41)34-13-7-4-8-14-34;48-47(49)44-18-10-9-17-42(44)45-43(31-37-15-7-8-16-41(37)46(45)47)36-23-29-40(30-24-36)50(38-25-19-34(20-26-38)32-11-3-1-4-12-32)39-27-21-35(22-28-39)33-13-5-2-6-14-33;1-43(2)39-20-12-11-19-38(39)41-40(29-34-17-9-10-18-37(34)42(41)43)44(35-25-21-32(22-26-35)30-13-5-3-6-14-30)36-27-23-33(24-28-36)31-15-7-4-8-16-31/h3-32H,1-2H3;1-31H;3-29H,1-2H3/i;;3D,5D,6D,13D,14D. The van der Waals surface area contributed by atoms with Crippen LogP contribution in [0.4, 0.5) is 64.4 Å². The van der Waals surface area contributed by atoms with Gasteiger partial charge in [0.2, 0.25) is 0 Å². The highest BCUT2D eigenvalue weighted by molar-refractivity contribution is 6.09. The van der Waals surface area contributed by atoms with E-state index in [1.165, 1.54) is 77.7 Å². The lowest BCUT2D eigenvalue weighted by Crippen LogP contribution is -2.16. The Hall–Kier alpha value is -18.0. The van der Waals surface area contributed by atoms with Crippen molar-refractivity contribution >= 4 is 83.5 Å². The van der Waals surface area contributed by atoms with Gasteiger partial charge in [0.15, 0.2) is 0 Å². The van der Waals surface area contributed by atoms with E-state index in [2.05, 4.69) is 412 Å². The van der Waals surface area contributed by atoms with Crippen LogP contribution in [0.5, 0.6) is 0 Å². The molecule has 0 saturated heterocycles. The summed E-state index contributed by atoms with van der Waals surface area (Å²) in [7, 11) is 0. The molecule has 0 aromatic heterocycles. The van der Waals surface area contributed by atoms with E-state index in [0.29, 0.717) is 22.1 Å². The van der Waals surface area contributed by atoms with Gasteiger partial charge in [-0.2, -0.15) is 8.78 Å². The van der Waals surface area contributed by atoms with Crippen molar-refractivity contribution in [3.05, 3.63) is 573 Å². The molecule has 23 aromatic rings. The summed E-state index contributed by atoms with van der Waals surface area (Å²) in [5.74, 6) is -3.29. The highest BCUT2D eigenvalue weighted by atomic mass is 19.3. The molecule has 0 heterocycles. The van der Waals surface area contributed by atoms with Gasteiger partial charge in [0, 0.05) is 78.6 Å². The minimum atomic E-state index is -3.09. The Balaban J connectivity index is 0.000000120. The maximum Gasteiger partial charge on any atom is 0.300 e. The number of fused-ring (bicyclic) bond motifs is 15. The van der Waals surface area contributed by atoms with Crippen LogP contribution in [0.25, 0.3) is 155 Å². The molecule has 0 radical (unpaired) electrons. The van der Waals surface area contributed by atoms with Crippen LogP contribution in [0.2, 0.25) is 0 Å². The Morgan fingerprint density at radius 1 is 0.200 bits per heavy atom. The average Bonchev–Trinajstić information content (AvgIpc) is 1.55. The first-order valence-electron chi connectivity index (χ1n) is 51.8. The molecule has 692 valence electrons. The van der Waals surface area contributed by atoms with E-state index in [9.17, 15) is 4.39 Å². The van der Waals surface area contributed by atoms with Gasteiger partial charge >= 0.3 is 0 Å². The summed E-state index contributed by atoms with van der Waals surface area (Å²) < 4.78 is 88.6.